The highest BCUT2D eigenvalue weighted by atomic mass is 32.2. The Morgan fingerprint density at radius 2 is 2.14 bits per heavy atom. The number of nitrogen functional groups attached to an aromatic ring is 3. The van der Waals surface area contributed by atoms with Crippen LogP contribution in [0.25, 0.3) is 0 Å². The predicted molar refractivity (Wildman–Crippen MR) is 132 cm³/mol. The lowest BCUT2D eigenvalue weighted by Gasteiger charge is -2.50. The Bertz CT molecular complexity index is 1310. The zero-order chi connectivity index (χ0) is 26.1. The van der Waals surface area contributed by atoms with E-state index in [4.69, 9.17) is 22.0 Å². The van der Waals surface area contributed by atoms with Crippen molar-refractivity contribution in [3.63, 3.8) is 0 Å². The fourth-order valence-electron chi connectivity index (χ4n) is 3.54. The fourth-order valence-corrected chi connectivity index (χ4v) is 6.58. The third-order valence-corrected chi connectivity index (χ3v) is 8.39. The number of aromatic nitrogens is 3. The van der Waals surface area contributed by atoms with Gasteiger partial charge in [-0.1, -0.05) is 10.1 Å². The SMILES string of the molecule is CO/N=C(\C(=O)NC1C(=O)N2C(C(=O)[O-])=C(CSc3nc(N)cc(N)[n+]3C)CSC12)c1csc(N)n1. The molecule has 2 aromatic rings. The van der Waals surface area contributed by atoms with Crippen LogP contribution in [-0.4, -0.2) is 68.4 Å². The van der Waals surface area contributed by atoms with Gasteiger partial charge in [-0.15, -0.1) is 23.1 Å². The van der Waals surface area contributed by atoms with Crippen LogP contribution in [0.15, 0.2) is 33.0 Å². The molecule has 17 heteroatoms. The smallest absolute Gasteiger partial charge is 0.301 e. The fraction of sp³-hybridized carbons (Fsp3) is 0.316. The Morgan fingerprint density at radius 1 is 1.39 bits per heavy atom. The lowest BCUT2D eigenvalue weighted by atomic mass is 10.0. The average molecular weight is 552 g/mol. The van der Waals surface area contributed by atoms with E-state index in [1.165, 1.54) is 42.1 Å². The summed E-state index contributed by atoms with van der Waals surface area (Å²) in [4.78, 5) is 51.9. The molecule has 4 heterocycles. The number of rotatable bonds is 8. The van der Waals surface area contributed by atoms with Crippen LogP contribution in [0.1, 0.15) is 5.69 Å². The maximum Gasteiger partial charge on any atom is 0.301 e. The summed E-state index contributed by atoms with van der Waals surface area (Å²) < 4.78 is 1.62. The van der Waals surface area contributed by atoms with Crippen LogP contribution >= 0.6 is 34.9 Å². The maximum absolute atomic E-state index is 12.9. The molecular weight excluding hydrogens is 530 g/mol. The van der Waals surface area contributed by atoms with Gasteiger partial charge in [0.1, 0.15) is 24.2 Å². The summed E-state index contributed by atoms with van der Waals surface area (Å²) in [6.07, 6.45) is 0. The molecule has 1 saturated heterocycles. The first-order valence-electron chi connectivity index (χ1n) is 10.2. The van der Waals surface area contributed by atoms with Gasteiger partial charge in [-0.3, -0.25) is 14.5 Å². The molecule has 0 radical (unpaired) electrons. The van der Waals surface area contributed by atoms with E-state index in [0.717, 1.165) is 16.2 Å². The second-order valence-corrected chi connectivity index (χ2v) is 10.5. The summed E-state index contributed by atoms with van der Waals surface area (Å²) >= 11 is 3.65. The molecule has 2 aromatic heterocycles. The quantitative estimate of drug-likeness (QED) is 0.0677. The number of carbonyl (C=O) groups is 3. The highest BCUT2D eigenvalue weighted by molar-refractivity contribution is 8.01. The number of carboxylic acids is 1. The third kappa shape index (κ3) is 4.76. The number of anilines is 3. The summed E-state index contributed by atoms with van der Waals surface area (Å²) in [7, 11) is 2.97. The molecule has 2 aliphatic heterocycles. The van der Waals surface area contributed by atoms with Gasteiger partial charge in [0.15, 0.2) is 10.8 Å². The van der Waals surface area contributed by atoms with Crippen molar-refractivity contribution in [2.24, 2.45) is 12.2 Å². The Labute approximate surface area is 216 Å². The molecule has 0 aromatic carbocycles. The highest BCUT2D eigenvalue weighted by Gasteiger charge is 2.53. The van der Waals surface area contributed by atoms with Crippen molar-refractivity contribution in [2.75, 3.05) is 35.8 Å². The van der Waals surface area contributed by atoms with Gasteiger partial charge in [-0.05, 0) is 17.3 Å². The summed E-state index contributed by atoms with van der Waals surface area (Å²) in [6.45, 7) is 0. The van der Waals surface area contributed by atoms with Crippen LogP contribution in [0.4, 0.5) is 16.8 Å². The van der Waals surface area contributed by atoms with E-state index in [-0.39, 0.29) is 33.8 Å². The monoisotopic (exact) mass is 551 g/mol. The number of β-lactam (4-membered cyclic amide) rings is 1. The van der Waals surface area contributed by atoms with Crippen LogP contribution in [0.5, 0.6) is 0 Å². The van der Waals surface area contributed by atoms with E-state index in [2.05, 4.69) is 20.4 Å². The van der Waals surface area contributed by atoms with Gasteiger partial charge in [-0.25, -0.2) is 9.55 Å². The van der Waals surface area contributed by atoms with E-state index >= 15 is 0 Å². The number of carbonyl (C=O) groups excluding carboxylic acids is 3. The Kier molecular flexibility index (Phi) is 7.23. The Morgan fingerprint density at radius 3 is 2.78 bits per heavy atom. The number of nitrogens with two attached hydrogens (primary N) is 3. The minimum Gasteiger partial charge on any atom is -0.543 e. The van der Waals surface area contributed by atoms with Crippen LogP contribution < -0.4 is 32.2 Å². The van der Waals surface area contributed by atoms with Crippen molar-refractivity contribution in [3.8, 4) is 0 Å². The molecule has 2 unspecified atom stereocenters. The third-order valence-electron chi connectivity index (χ3n) is 5.26. The molecule has 0 bridgehead atoms. The van der Waals surface area contributed by atoms with Crippen molar-refractivity contribution in [3.05, 3.63) is 28.4 Å². The second-order valence-electron chi connectivity index (χ2n) is 7.53. The van der Waals surface area contributed by atoms with E-state index in [9.17, 15) is 19.5 Å². The molecular formula is C19H21N9O5S3. The number of nitrogens with zero attached hydrogens (tertiary/aromatic N) is 5. The molecule has 2 aliphatic rings. The zero-order valence-electron chi connectivity index (χ0n) is 19.0. The van der Waals surface area contributed by atoms with Gasteiger partial charge in [0.05, 0.1) is 24.8 Å². The summed E-state index contributed by atoms with van der Waals surface area (Å²) in [5, 5.41) is 19.9. The van der Waals surface area contributed by atoms with E-state index in [1.807, 2.05) is 0 Å². The average Bonchev–Trinajstić information content (AvgIpc) is 3.26. The van der Waals surface area contributed by atoms with Crippen LogP contribution in [0.2, 0.25) is 0 Å². The minimum atomic E-state index is -1.49. The van der Waals surface area contributed by atoms with Crippen molar-refractivity contribution in [2.45, 2.75) is 16.6 Å². The van der Waals surface area contributed by atoms with Crippen molar-refractivity contribution in [1.29, 1.82) is 0 Å². The number of hydrogen-bond donors (Lipinski definition) is 4. The number of nitrogens with one attached hydrogen (secondary N) is 1. The van der Waals surface area contributed by atoms with Crippen molar-refractivity contribution in [1.82, 2.24) is 20.2 Å². The standard InChI is InChI=1S/C19H21N9O5S3/c1-27-10(21)3-9(20)24-19(27)36-5-7-4-34-16-12(15(30)28(16)13(7)17(31)32)25-14(29)11(26-33-2)8-6-35-18(22)23-8/h3,6,12,16H,4-5H2,1-2H3,(H7,20,21,22,23,25,29,31,32)/b26-11-. The number of fused-ring (bicyclic) bond motifs is 1. The number of hydrogen-bond acceptors (Lipinski definition) is 14. The van der Waals surface area contributed by atoms with E-state index in [0.29, 0.717) is 22.3 Å². The van der Waals surface area contributed by atoms with Gasteiger partial charge in [0.25, 0.3) is 11.8 Å². The number of oxime groups is 1. The molecule has 1 fully saturated rings. The predicted octanol–water partition coefficient (Wildman–Crippen LogP) is -2.34. The van der Waals surface area contributed by atoms with Gasteiger partial charge in [0, 0.05) is 16.9 Å². The lowest BCUT2D eigenvalue weighted by Crippen LogP contribution is -2.71. The van der Waals surface area contributed by atoms with Crippen LogP contribution in [-0.2, 0) is 26.3 Å². The largest absolute Gasteiger partial charge is 0.543 e. The number of thiazole rings is 1. The molecule has 36 heavy (non-hydrogen) atoms. The van der Waals surface area contributed by atoms with Gasteiger partial charge >= 0.3 is 5.16 Å². The molecule has 7 N–H and O–H groups in total. The molecule has 0 aliphatic carbocycles. The van der Waals surface area contributed by atoms with Crippen molar-refractivity contribution >= 4 is 75.1 Å². The van der Waals surface area contributed by atoms with Gasteiger partial charge in [-0.2, -0.15) is 0 Å². The minimum absolute atomic E-state index is 0.160. The summed E-state index contributed by atoms with van der Waals surface area (Å²) in [5.74, 6) is -1.66. The number of thioether (sulfide) groups is 2. The number of aliphatic carboxylic acids is 1. The van der Waals surface area contributed by atoms with Crippen LogP contribution in [0, 0.1) is 0 Å². The molecule has 190 valence electrons. The van der Waals surface area contributed by atoms with E-state index < -0.39 is 29.2 Å². The maximum atomic E-state index is 12.9. The zero-order valence-corrected chi connectivity index (χ0v) is 21.4. The molecule has 2 amide bonds. The normalized spacial score (nSPS) is 19.6. The lowest BCUT2D eigenvalue weighted by molar-refractivity contribution is -0.698. The summed E-state index contributed by atoms with van der Waals surface area (Å²) in [6, 6.07) is 0.535. The van der Waals surface area contributed by atoms with Gasteiger partial charge < -0.3 is 37.3 Å². The topological polar surface area (TPSA) is 219 Å². The van der Waals surface area contributed by atoms with Crippen molar-refractivity contribution < 1.29 is 28.9 Å². The highest BCUT2D eigenvalue weighted by Crippen LogP contribution is 2.41. The first kappa shape index (κ1) is 25.5. The Hall–Kier alpha value is -3.57. The molecule has 14 nitrogen and oxygen atoms in total. The molecule has 0 saturated carbocycles. The number of carboxylic acid groups (broad SMARTS) is 1. The molecule has 4 rings (SSSR count). The summed E-state index contributed by atoms with van der Waals surface area (Å²) in [5.41, 5.74) is 17.6. The Balaban J connectivity index is 1.51. The second kappa shape index (κ2) is 10.2. The van der Waals surface area contributed by atoms with Crippen LogP contribution in [0.3, 0.4) is 0 Å². The number of amides is 2. The van der Waals surface area contributed by atoms with Gasteiger partial charge in [0.2, 0.25) is 11.6 Å². The van der Waals surface area contributed by atoms with E-state index in [1.54, 1.807) is 11.6 Å². The molecule has 2 atom stereocenters. The molecule has 0 spiro atoms. The first-order chi connectivity index (χ1) is 17.1. The first-order valence-corrected chi connectivity index (χ1v) is 13.1.